The van der Waals surface area contributed by atoms with E-state index in [1.54, 1.807) is 7.11 Å². The van der Waals surface area contributed by atoms with Crippen LogP contribution in [0.2, 0.25) is 0 Å². The molecule has 3 aromatic rings. The van der Waals surface area contributed by atoms with E-state index in [4.69, 9.17) is 4.74 Å². The Morgan fingerprint density at radius 1 is 1.10 bits per heavy atom. The zero-order chi connectivity index (χ0) is 20.8. The minimum Gasteiger partial charge on any atom is -0.497 e. The number of aromatic amines is 1. The highest BCUT2D eigenvalue weighted by Gasteiger charge is 2.21. The van der Waals surface area contributed by atoms with Crippen LogP contribution in [-0.2, 0) is 20.7 Å². The number of hydrogen-bond donors (Lipinski definition) is 3. The number of H-pyrrole nitrogens is 1. The van der Waals surface area contributed by atoms with Gasteiger partial charge in [-0.15, -0.1) is 0 Å². The van der Waals surface area contributed by atoms with Gasteiger partial charge >= 0.3 is 5.97 Å². The lowest BCUT2D eigenvalue weighted by molar-refractivity contribution is -0.146. The van der Waals surface area contributed by atoms with Crippen LogP contribution >= 0.6 is 0 Å². The number of carbonyl (C=O) groups is 2. The summed E-state index contributed by atoms with van der Waals surface area (Å²) in [7, 11) is 2.83. The van der Waals surface area contributed by atoms with Gasteiger partial charge in [-0.05, 0) is 47.9 Å². The van der Waals surface area contributed by atoms with Crippen LogP contribution in [-0.4, -0.2) is 48.8 Å². The van der Waals surface area contributed by atoms with Gasteiger partial charge < -0.3 is 24.9 Å². The first kappa shape index (κ1) is 20.4. The molecule has 2 aromatic carbocycles. The number of esters is 1. The molecule has 3 rings (SSSR count). The Morgan fingerprint density at radius 2 is 1.83 bits per heavy atom. The van der Waals surface area contributed by atoms with Gasteiger partial charge in [0.1, 0.15) is 5.75 Å². The van der Waals surface area contributed by atoms with E-state index in [9.17, 15) is 14.7 Å². The molecule has 0 saturated heterocycles. The fraction of sp³-hybridized carbons (Fsp3) is 0.273. The van der Waals surface area contributed by atoms with Crippen molar-refractivity contribution in [1.29, 1.82) is 0 Å². The van der Waals surface area contributed by atoms with Gasteiger partial charge in [-0.2, -0.15) is 0 Å². The van der Waals surface area contributed by atoms with Crippen molar-refractivity contribution in [3.63, 3.8) is 0 Å². The molecule has 3 N–H and O–H groups in total. The summed E-state index contributed by atoms with van der Waals surface area (Å²) in [5, 5.41) is 12.8. The molecule has 0 aliphatic rings. The summed E-state index contributed by atoms with van der Waals surface area (Å²) < 4.78 is 9.81. The Hall–Kier alpha value is -3.32. The predicted molar refractivity (Wildman–Crippen MR) is 110 cm³/mol. The highest BCUT2D eigenvalue weighted by molar-refractivity contribution is 5.92. The number of aliphatic hydroxyl groups is 1. The lowest BCUT2D eigenvalue weighted by Crippen LogP contribution is -2.44. The Morgan fingerprint density at radius 3 is 2.48 bits per heavy atom. The van der Waals surface area contributed by atoms with Crippen molar-refractivity contribution in [2.45, 2.75) is 18.9 Å². The number of hydrogen-bond acceptors (Lipinski definition) is 5. The second-order valence-electron chi connectivity index (χ2n) is 6.58. The number of aliphatic hydroxyl groups excluding tert-OH is 1. The summed E-state index contributed by atoms with van der Waals surface area (Å²) in [5.74, 6) is -0.240. The maximum atomic E-state index is 12.3. The van der Waals surface area contributed by atoms with Crippen molar-refractivity contribution in [1.82, 2.24) is 10.3 Å². The van der Waals surface area contributed by atoms with E-state index < -0.39 is 18.6 Å². The standard InChI is InChI=1S/C22H24N2O5/c1-28-15-9-7-14(8-10-15)21-17(16-5-3-4-6-18(16)24-21)11-12-20(26)23-19(13-25)22(27)29-2/h3-10,19,24-25H,11-13H2,1-2H3,(H,23,26)/t19-/m1/s1. The second kappa shape index (κ2) is 9.25. The van der Waals surface area contributed by atoms with Crippen molar-refractivity contribution in [2.24, 2.45) is 0 Å². The van der Waals surface area contributed by atoms with Gasteiger partial charge in [0.15, 0.2) is 6.04 Å². The molecule has 1 atom stereocenters. The molecule has 1 heterocycles. The van der Waals surface area contributed by atoms with Crippen molar-refractivity contribution in [2.75, 3.05) is 20.8 Å². The van der Waals surface area contributed by atoms with E-state index in [0.29, 0.717) is 6.42 Å². The number of amides is 1. The van der Waals surface area contributed by atoms with Crippen LogP contribution in [0.4, 0.5) is 0 Å². The molecule has 1 aromatic heterocycles. The van der Waals surface area contributed by atoms with Gasteiger partial charge in [0.25, 0.3) is 0 Å². The molecule has 0 unspecified atom stereocenters. The molecule has 0 aliphatic heterocycles. The van der Waals surface area contributed by atoms with E-state index in [1.165, 1.54) is 7.11 Å². The zero-order valence-corrected chi connectivity index (χ0v) is 16.4. The molecule has 0 spiro atoms. The molecular formula is C22H24N2O5. The average Bonchev–Trinajstić information content (AvgIpc) is 3.14. The molecule has 7 heteroatoms. The Balaban J connectivity index is 1.84. The minimum atomic E-state index is -1.06. The van der Waals surface area contributed by atoms with Crippen LogP contribution in [0.15, 0.2) is 48.5 Å². The minimum absolute atomic E-state index is 0.165. The van der Waals surface area contributed by atoms with Gasteiger partial charge in [0.2, 0.25) is 5.91 Å². The molecule has 29 heavy (non-hydrogen) atoms. The summed E-state index contributed by atoms with van der Waals surface area (Å²) in [4.78, 5) is 27.3. The molecule has 0 radical (unpaired) electrons. The number of aromatic nitrogens is 1. The average molecular weight is 396 g/mol. The van der Waals surface area contributed by atoms with Crippen LogP contribution in [0.1, 0.15) is 12.0 Å². The Labute approximate surface area is 168 Å². The lowest BCUT2D eigenvalue weighted by atomic mass is 10.0. The topological polar surface area (TPSA) is 101 Å². The van der Waals surface area contributed by atoms with Crippen molar-refractivity contribution in [3.05, 3.63) is 54.1 Å². The maximum Gasteiger partial charge on any atom is 0.330 e. The third kappa shape index (κ3) is 4.57. The monoisotopic (exact) mass is 396 g/mol. The lowest BCUT2D eigenvalue weighted by Gasteiger charge is -2.14. The fourth-order valence-electron chi connectivity index (χ4n) is 3.29. The Kier molecular flexibility index (Phi) is 6.51. The van der Waals surface area contributed by atoms with Crippen molar-refractivity contribution < 1.29 is 24.2 Å². The second-order valence-corrected chi connectivity index (χ2v) is 6.58. The number of ether oxygens (including phenoxy) is 2. The third-order valence-corrected chi connectivity index (χ3v) is 4.80. The molecule has 7 nitrogen and oxygen atoms in total. The summed E-state index contributed by atoms with van der Waals surface area (Å²) >= 11 is 0. The van der Waals surface area contributed by atoms with E-state index in [2.05, 4.69) is 15.0 Å². The predicted octanol–water partition coefficient (Wildman–Crippen LogP) is 2.43. The highest BCUT2D eigenvalue weighted by atomic mass is 16.5. The Bertz CT molecular complexity index is 994. The highest BCUT2D eigenvalue weighted by Crippen LogP contribution is 2.32. The number of nitrogens with one attached hydrogen (secondary N) is 2. The van der Waals surface area contributed by atoms with Gasteiger partial charge in [0, 0.05) is 23.0 Å². The summed E-state index contributed by atoms with van der Waals surface area (Å²) in [5.41, 5.74) is 3.92. The number of benzene rings is 2. The summed E-state index contributed by atoms with van der Waals surface area (Å²) in [6.07, 6.45) is 0.634. The van der Waals surface area contributed by atoms with Gasteiger partial charge in [0.05, 0.1) is 20.8 Å². The number of rotatable bonds is 8. The van der Waals surface area contributed by atoms with E-state index in [0.717, 1.165) is 33.5 Å². The van der Waals surface area contributed by atoms with Crippen LogP contribution < -0.4 is 10.1 Å². The quantitative estimate of drug-likeness (QED) is 0.508. The van der Waals surface area contributed by atoms with Crippen LogP contribution in [0, 0.1) is 0 Å². The molecular weight excluding hydrogens is 372 g/mol. The van der Waals surface area contributed by atoms with Crippen LogP contribution in [0.5, 0.6) is 5.75 Å². The first-order valence-electron chi connectivity index (χ1n) is 9.29. The zero-order valence-electron chi connectivity index (χ0n) is 16.4. The molecule has 0 bridgehead atoms. The van der Waals surface area contributed by atoms with E-state index in [1.807, 2.05) is 48.5 Å². The molecule has 152 valence electrons. The SMILES string of the molecule is COC(=O)[C@@H](CO)NC(=O)CCc1c(-c2ccc(OC)cc2)[nH]c2ccccc12. The van der Waals surface area contributed by atoms with Crippen LogP contribution in [0.3, 0.4) is 0 Å². The first-order chi connectivity index (χ1) is 14.1. The normalized spacial score (nSPS) is 11.8. The number of aryl methyl sites for hydroxylation is 1. The molecule has 0 aliphatic carbocycles. The van der Waals surface area contributed by atoms with E-state index >= 15 is 0 Å². The first-order valence-corrected chi connectivity index (χ1v) is 9.29. The third-order valence-electron chi connectivity index (χ3n) is 4.80. The van der Waals surface area contributed by atoms with Gasteiger partial charge in [-0.1, -0.05) is 18.2 Å². The number of methoxy groups -OCH3 is 2. The smallest absolute Gasteiger partial charge is 0.330 e. The molecule has 0 fully saturated rings. The summed E-state index contributed by atoms with van der Waals surface area (Å²) in [6, 6.07) is 14.6. The van der Waals surface area contributed by atoms with Gasteiger partial charge in [-0.25, -0.2) is 4.79 Å². The number of para-hydroxylation sites is 1. The fourth-order valence-corrected chi connectivity index (χ4v) is 3.29. The van der Waals surface area contributed by atoms with Crippen molar-refractivity contribution >= 4 is 22.8 Å². The molecule has 1 amide bonds. The van der Waals surface area contributed by atoms with Crippen LogP contribution in [0.25, 0.3) is 22.2 Å². The van der Waals surface area contributed by atoms with Gasteiger partial charge in [-0.3, -0.25) is 4.79 Å². The largest absolute Gasteiger partial charge is 0.497 e. The summed E-state index contributed by atoms with van der Waals surface area (Å²) in [6.45, 7) is -0.511. The molecule has 0 saturated carbocycles. The number of carbonyl (C=O) groups excluding carboxylic acids is 2. The van der Waals surface area contributed by atoms with E-state index in [-0.39, 0.29) is 12.3 Å². The number of fused-ring (bicyclic) bond motifs is 1. The van der Waals surface area contributed by atoms with Crippen molar-refractivity contribution in [3.8, 4) is 17.0 Å². The maximum absolute atomic E-state index is 12.3.